The maximum Gasteiger partial charge on any atom is 0.227 e. The van der Waals surface area contributed by atoms with E-state index >= 15 is 0 Å². The zero-order valence-electron chi connectivity index (χ0n) is 15.9. The Balaban J connectivity index is 0.00000280. The van der Waals surface area contributed by atoms with E-state index in [1.807, 2.05) is 39.9 Å². The highest BCUT2D eigenvalue weighted by Gasteiger charge is 2.23. The van der Waals surface area contributed by atoms with Crippen LogP contribution >= 0.6 is 35.6 Å². The van der Waals surface area contributed by atoms with Gasteiger partial charge in [0.1, 0.15) is 0 Å². The lowest BCUT2D eigenvalue weighted by Gasteiger charge is -2.36. The topological polar surface area (TPSA) is 65.8 Å². The van der Waals surface area contributed by atoms with E-state index in [4.69, 9.17) is 11.6 Å². The molecule has 152 valence electrons. The van der Waals surface area contributed by atoms with Crippen molar-refractivity contribution in [3.8, 4) is 0 Å². The molecule has 0 bridgehead atoms. The molecule has 1 N–H and O–H groups in total. The predicted octanol–water partition coefficient (Wildman–Crippen LogP) is 2.12. The Morgan fingerprint density at radius 2 is 2.00 bits per heavy atom. The van der Waals surface area contributed by atoms with Crippen molar-refractivity contribution in [2.24, 2.45) is 4.99 Å². The predicted molar refractivity (Wildman–Crippen MR) is 122 cm³/mol. The molecule has 1 aromatic heterocycles. The Labute approximate surface area is 187 Å². The van der Waals surface area contributed by atoms with E-state index in [0.29, 0.717) is 24.5 Å². The van der Waals surface area contributed by atoms with Crippen LogP contribution in [0.15, 0.2) is 48.0 Å². The van der Waals surface area contributed by atoms with Crippen molar-refractivity contribution in [1.29, 1.82) is 0 Å². The van der Waals surface area contributed by atoms with E-state index in [2.05, 4.69) is 20.2 Å². The monoisotopic (exact) mass is 516 g/mol. The molecule has 0 radical (unpaired) electrons. The number of amides is 1. The number of rotatable bonds is 5. The molecule has 0 atom stereocenters. The van der Waals surface area contributed by atoms with Crippen molar-refractivity contribution in [2.45, 2.75) is 13.0 Å². The first-order chi connectivity index (χ1) is 13.2. The SMILES string of the molecule is CN=C(NCCn1ccnc1)N1CCN(C(=O)Cc2cccc(Cl)c2)CC1.I. The number of hydrogen-bond donors (Lipinski definition) is 1. The number of guanidine groups is 1. The summed E-state index contributed by atoms with van der Waals surface area (Å²) in [5.41, 5.74) is 0.951. The summed E-state index contributed by atoms with van der Waals surface area (Å²) in [6, 6.07) is 7.48. The number of aromatic nitrogens is 2. The molecule has 1 saturated heterocycles. The molecule has 1 amide bonds. The highest BCUT2D eigenvalue weighted by Crippen LogP contribution is 2.13. The van der Waals surface area contributed by atoms with Gasteiger partial charge in [-0.25, -0.2) is 4.98 Å². The van der Waals surface area contributed by atoms with Crippen molar-refractivity contribution in [1.82, 2.24) is 24.7 Å². The van der Waals surface area contributed by atoms with Crippen LogP contribution in [-0.2, 0) is 17.8 Å². The first kappa shape index (κ1) is 22.5. The average Bonchev–Trinajstić information content (AvgIpc) is 3.19. The fraction of sp³-hybridized carbons (Fsp3) is 0.421. The molecular formula is C19H26ClIN6O. The van der Waals surface area contributed by atoms with E-state index in [0.717, 1.165) is 37.7 Å². The molecule has 0 saturated carbocycles. The van der Waals surface area contributed by atoms with E-state index in [1.165, 1.54) is 0 Å². The first-order valence-corrected chi connectivity index (χ1v) is 9.47. The van der Waals surface area contributed by atoms with Crippen molar-refractivity contribution in [3.63, 3.8) is 0 Å². The molecule has 0 spiro atoms. The molecule has 28 heavy (non-hydrogen) atoms. The number of carbonyl (C=O) groups is 1. The third kappa shape index (κ3) is 6.37. The Morgan fingerprint density at radius 1 is 1.25 bits per heavy atom. The molecule has 2 heterocycles. The summed E-state index contributed by atoms with van der Waals surface area (Å²) >= 11 is 6.00. The lowest BCUT2D eigenvalue weighted by Crippen LogP contribution is -2.54. The van der Waals surface area contributed by atoms with Crippen molar-refractivity contribution in [3.05, 3.63) is 53.6 Å². The summed E-state index contributed by atoms with van der Waals surface area (Å²) in [4.78, 5) is 25.0. The zero-order valence-corrected chi connectivity index (χ0v) is 19.0. The van der Waals surface area contributed by atoms with Gasteiger partial charge < -0.3 is 19.7 Å². The summed E-state index contributed by atoms with van der Waals surface area (Å²) in [6.45, 7) is 4.54. The van der Waals surface area contributed by atoms with Gasteiger partial charge in [-0.2, -0.15) is 0 Å². The number of hydrogen-bond acceptors (Lipinski definition) is 3. The Bertz CT molecular complexity index is 774. The minimum atomic E-state index is 0. The standard InChI is InChI=1S/C19H25ClN6O.HI/c1-21-19(23-6-8-24-7-5-22-15-24)26-11-9-25(10-12-26)18(27)14-16-3-2-4-17(20)13-16;/h2-5,7,13,15H,6,8-12,14H2,1H3,(H,21,23);1H. The van der Waals surface area contributed by atoms with Crippen LogP contribution in [0, 0.1) is 0 Å². The van der Waals surface area contributed by atoms with E-state index in [-0.39, 0.29) is 29.9 Å². The van der Waals surface area contributed by atoms with Gasteiger partial charge >= 0.3 is 0 Å². The van der Waals surface area contributed by atoms with Gasteiger partial charge in [0.2, 0.25) is 5.91 Å². The molecule has 3 rings (SSSR count). The molecule has 9 heteroatoms. The van der Waals surface area contributed by atoms with E-state index in [1.54, 1.807) is 19.6 Å². The van der Waals surface area contributed by atoms with Crippen molar-refractivity contribution in [2.75, 3.05) is 39.8 Å². The molecule has 1 aliphatic rings. The van der Waals surface area contributed by atoms with Crippen LogP contribution in [0.1, 0.15) is 5.56 Å². The van der Waals surface area contributed by atoms with Gasteiger partial charge in [0.15, 0.2) is 5.96 Å². The number of carbonyl (C=O) groups excluding carboxylic acids is 1. The Morgan fingerprint density at radius 3 is 2.64 bits per heavy atom. The van der Waals surface area contributed by atoms with Gasteiger partial charge in [-0.15, -0.1) is 24.0 Å². The molecule has 0 unspecified atom stereocenters. The minimum Gasteiger partial charge on any atom is -0.354 e. The van der Waals surface area contributed by atoms with Crippen LogP contribution in [-0.4, -0.2) is 71.0 Å². The second kappa shape index (κ2) is 11.3. The normalized spacial score (nSPS) is 14.6. The Hall–Kier alpha value is -1.81. The summed E-state index contributed by atoms with van der Waals surface area (Å²) in [5, 5.41) is 4.04. The third-order valence-electron chi connectivity index (χ3n) is 4.60. The highest BCUT2D eigenvalue weighted by atomic mass is 127. The van der Waals surface area contributed by atoms with Gasteiger partial charge in [0.05, 0.1) is 12.7 Å². The average molecular weight is 517 g/mol. The van der Waals surface area contributed by atoms with E-state index < -0.39 is 0 Å². The smallest absolute Gasteiger partial charge is 0.227 e. The van der Waals surface area contributed by atoms with Gasteiger partial charge in [-0.3, -0.25) is 9.79 Å². The van der Waals surface area contributed by atoms with Crippen LogP contribution in [0.3, 0.4) is 0 Å². The molecule has 0 aliphatic carbocycles. The quantitative estimate of drug-likeness (QED) is 0.376. The maximum absolute atomic E-state index is 12.5. The van der Waals surface area contributed by atoms with Crippen LogP contribution in [0.5, 0.6) is 0 Å². The summed E-state index contributed by atoms with van der Waals surface area (Å²) in [5.74, 6) is 1.01. The van der Waals surface area contributed by atoms with Gasteiger partial charge in [-0.1, -0.05) is 23.7 Å². The van der Waals surface area contributed by atoms with Crippen LogP contribution in [0.25, 0.3) is 0 Å². The first-order valence-electron chi connectivity index (χ1n) is 9.09. The largest absolute Gasteiger partial charge is 0.354 e. The van der Waals surface area contributed by atoms with Crippen molar-refractivity contribution < 1.29 is 4.79 Å². The van der Waals surface area contributed by atoms with Crippen LogP contribution in [0.4, 0.5) is 0 Å². The number of aliphatic imine (C=N–C) groups is 1. The molecule has 1 fully saturated rings. The fourth-order valence-electron chi connectivity index (χ4n) is 3.15. The molecule has 2 aromatic rings. The summed E-state index contributed by atoms with van der Waals surface area (Å²) in [7, 11) is 1.79. The fourth-order valence-corrected chi connectivity index (χ4v) is 3.36. The van der Waals surface area contributed by atoms with Crippen molar-refractivity contribution >= 4 is 47.4 Å². The van der Waals surface area contributed by atoms with E-state index in [9.17, 15) is 4.79 Å². The highest BCUT2D eigenvalue weighted by molar-refractivity contribution is 14.0. The number of imidazole rings is 1. The summed E-state index contributed by atoms with van der Waals surface area (Å²) < 4.78 is 2.02. The van der Waals surface area contributed by atoms with Gasteiger partial charge in [0, 0.05) is 63.7 Å². The number of piperazine rings is 1. The molecule has 1 aliphatic heterocycles. The number of benzene rings is 1. The summed E-state index contributed by atoms with van der Waals surface area (Å²) in [6.07, 6.45) is 5.90. The molecule has 1 aromatic carbocycles. The second-order valence-electron chi connectivity index (χ2n) is 6.45. The Kier molecular flexibility index (Phi) is 9.04. The van der Waals surface area contributed by atoms with Gasteiger partial charge in [-0.05, 0) is 17.7 Å². The van der Waals surface area contributed by atoms with Crippen LogP contribution in [0.2, 0.25) is 5.02 Å². The maximum atomic E-state index is 12.5. The number of nitrogens with zero attached hydrogens (tertiary/aromatic N) is 5. The molecule has 7 nitrogen and oxygen atoms in total. The lowest BCUT2D eigenvalue weighted by molar-refractivity contribution is -0.131. The zero-order chi connectivity index (χ0) is 19.1. The van der Waals surface area contributed by atoms with Gasteiger partial charge in [0.25, 0.3) is 0 Å². The minimum absolute atomic E-state index is 0. The molecular weight excluding hydrogens is 491 g/mol. The number of nitrogens with one attached hydrogen (secondary N) is 1. The number of halogens is 2. The van der Waals surface area contributed by atoms with Crippen LogP contribution < -0.4 is 5.32 Å². The lowest BCUT2D eigenvalue weighted by atomic mass is 10.1. The third-order valence-corrected chi connectivity index (χ3v) is 4.84. The second-order valence-corrected chi connectivity index (χ2v) is 6.89.